The number of hydrogen-bond donors (Lipinski definition) is 0. The third-order valence-corrected chi connectivity index (χ3v) is 3.54. The molecular formula is C12H18N2O. The second-order valence-electron chi connectivity index (χ2n) is 4.73. The van der Waals surface area contributed by atoms with E-state index in [0.717, 1.165) is 24.4 Å². The summed E-state index contributed by atoms with van der Waals surface area (Å²) >= 11 is 0. The van der Waals surface area contributed by atoms with Crippen LogP contribution >= 0.6 is 0 Å². The summed E-state index contributed by atoms with van der Waals surface area (Å²) < 4.78 is 1.89. The minimum absolute atomic E-state index is 0.231. The minimum atomic E-state index is 0.231. The van der Waals surface area contributed by atoms with Crippen molar-refractivity contribution < 1.29 is 4.79 Å². The van der Waals surface area contributed by atoms with Gasteiger partial charge in [0.05, 0.1) is 6.20 Å². The lowest BCUT2D eigenvalue weighted by molar-refractivity contribution is 0.0912. The van der Waals surface area contributed by atoms with Crippen molar-refractivity contribution in [2.24, 2.45) is 18.9 Å². The van der Waals surface area contributed by atoms with Gasteiger partial charge in [0.15, 0.2) is 5.78 Å². The number of imidazole rings is 1. The molecule has 0 saturated heterocycles. The summed E-state index contributed by atoms with van der Waals surface area (Å²) in [6.07, 6.45) is 4.99. The monoisotopic (exact) mass is 206 g/mol. The first kappa shape index (κ1) is 10.4. The van der Waals surface area contributed by atoms with Gasteiger partial charge in [-0.05, 0) is 32.1 Å². The van der Waals surface area contributed by atoms with E-state index in [9.17, 15) is 4.79 Å². The van der Waals surface area contributed by atoms with E-state index in [1.54, 1.807) is 6.20 Å². The van der Waals surface area contributed by atoms with Crippen LogP contribution in [0.4, 0.5) is 0 Å². The Morgan fingerprint density at radius 1 is 1.53 bits per heavy atom. The Kier molecular flexibility index (Phi) is 2.63. The highest BCUT2D eigenvalue weighted by Crippen LogP contribution is 2.32. The third-order valence-electron chi connectivity index (χ3n) is 3.54. The molecule has 0 spiro atoms. The van der Waals surface area contributed by atoms with Gasteiger partial charge in [0, 0.05) is 13.0 Å². The van der Waals surface area contributed by atoms with Crippen LogP contribution in [0.1, 0.15) is 42.5 Å². The Bertz CT molecular complexity index is 381. The zero-order valence-corrected chi connectivity index (χ0v) is 9.66. The van der Waals surface area contributed by atoms with E-state index in [4.69, 9.17) is 0 Å². The first-order chi connectivity index (χ1) is 7.09. The van der Waals surface area contributed by atoms with Crippen molar-refractivity contribution >= 4 is 5.78 Å². The van der Waals surface area contributed by atoms with Gasteiger partial charge in [0.2, 0.25) is 0 Å². The number of carbonyl (C=O) groups excluding carboxylic acids is 1. The third kappa shape index (κ3) is 1.83. The van der Waals surface area contributed by atoms with Crippen LogP contribution in [0.3, 0.4) is 0 Å². The number of rotatable bonds is 2. The van der Waals surface area contributed by atoms with Gasteiger partial charge in [-0.3, -0.25) is 4.79 Å². The second kappa shape index (κ2) is 3.80. The maximum atomic E-state index is 12.2. The number of hydrogen-bond acceptors (Lipinski definition) is 2. The van der Waals surface area contributed by atoms with Crippen molar-refractivity contribution in [3.05, 3.63) is 17.7 Å². The molecule has 15 heavy (non-hydrogen) atoms. The van der Waals surface area contributed by atoms with Gasteiger partial charge >= 0.3 is 0 Å². The Morgan fingerprint density at radius 2 is 2.27 bits per heavy atom. The van der Waals surface area contributed by atoms with E-state index in [0.29, 0.717) is 5.92 Å². The van der Waals surface area contributed by atoms with Crippen molar-refractivity contribution in [1.82, 2.24) is 9.55 Å². The summed E-state index contributed by atoms with van der Waals surface area (Å²) in [4.78, 5) is 16.3. The van der Waals surface area contributed by atoms with E-state index in [1.807, 2.05) is 18.5 Å². The fraction of sp³-hybridized carbons (Fsp3) is 0.667. The van der Waals surface area contributed by atoms with Gasteiger partial charge in [0.25, 0.3) is 0 Å². The Morgan fingerprint density at radius 3 is 2.73 bits per heavy atom. The number of aryl methyl sites for hydroxylation is 1. The molecule has 3 heteroatoms. The van der Waals surface area contributed by atoms with Crippen molar-refractivity contribution in [3.63, 3.8) is 0 Å². The first-order valence-corrected chi connectivity index (χ1v) is 5.62. The molecule has 1 aromatic rings. The molecule has 0 aliphatic heterocycles. The Hall–Kier alpha value is -1.12. The fourth-order valence-corrected chi connectivity index (χ4v) is 2.39. The summed E-state index contributed by atoms with van der Waals surface area (Å²) in [5, 5.41) is 0. The van der Waals surface area contributed by atoms with Gasteiger partial charge in [-0.25, -0.2) is 4.98 Å². The van der Waals surface area contributed by atoms with Crippen LogP contribution in [-0.4, -0.2) is 15.3 Å². The zero-order chi connectivity index (χ0) is 11.0. The summed E-state index contributed by atoms with van der Waals surface area (Å²) in [7, 11) is 1.91. The van der Waals surface area contributed by atoms with E-state index in [-0.39, 0.29) is 11.7 Å². The molecule has 1 aromatic heterocycles. The highest BCUT2D eigenvalue weighted by atomic mass is 16.1. The van der Waals surface area contributed by atoms with Gasteiger partial charge in [0.1, 0.15) is 11.5 Å². The van der Waals surface area contributed by atoms with Crippen LogP contribution < -0.4 is 0 Å². The highest BCUT2D eigenvalue weighted by Gasteiger charge is 2.29. The standard InChI is InChI=1S/C12H18N2O/c1-8-4-5-10(6-8)12(15)11-7-13-9(2)14(11)3/h7-8,10H,4-6H2,1-3H3. The fourth-order valence-electron chi connectivity index (χ4n) is 2.39. The van der Waals surface area contributed by atoms with Crippen molar-refractivity contribution in [2.75, 3.05) is 0 Å². The molecule has 0 radical (unpaired) electrons. The molecule has 1 aliphatic carbocycles. The predicted molar refractivity (Wildman–Crippen MR) is 58.8 cm³/mol. The predicted octanol–water partition coefficient (Wildman–Crippen LogP) is 2.35. The molecule has 2 atom stereocenters. The number of carbonyl (C=O) groups is 1. The summed E-state index contributed by atoms with van der Waals surface area (Å²) in [6, 6.07) is 0. The van der Waals surface area contributed by atoms with Crippen LogP contribution in [0.25, 0.3) is 0 Å². The highest BCUT2D eigenvalue weighted by molar-refractivity contribution is 5.96. The minimum Gasteiger partial charge on any atom is -0.329 e. The number of ketones is 1. The Balaban J connectivity index is 2.18. The van der Waals surface area contributed by atoms with E-state index in [1.165, 1.54) is 6.42 Å². The van der Waals surface area contributed by atoms with Gasteiger partial charge in [-0.2, -0.15) is 0 Å². The molecule has 0 bridgehead atoms. The molecule has 82 valence electrons. The average molecular weight is 206 g/mol. The molecule has 1 saturated carbocycles. The number of nitrogens with zero attached hydrogens (tertiary/aromatic N) is 2. The SMILES string of the molecule is Cc1ncc(C(=O)C2CCC(C)C2)n1C. The molecule has 0 amide bonds. The van der Waals surface area contributed by atoms with Crippen LogP contribution in [0.5, 0.6) is 0 Å². The first-order valence-electron chi connectivity index (χ1n) is 5.62. The number of Topliss-reactive ketones (excluding diaryl/α,β-unsaturated/α-hetero) is 1. The van der Waals surface area contributed by atoms with Crippen LogP contribution in [0, 0.1) is 18.8 Å². The summed E-state index contributed by atoms with van der Waals surface area (Å²) in [5.74, 6) is 2.12. The van der Waals surface area contributed by atoms with E-state index >= 15 is 0 Å². The molecule has 1 aliphatic rings. The van der Waals surface area contributed by atoms with Crippen molar-refractivity contribution in [3.8, 4) is 0 Å². The van der Waals surface area contributed by atoms with Gasteiger partial charge < -0.3 is 4.57 Å². The van der Waals surface area contributed by atoms with Gasteiger partial charge in [-0.1, -0.05) is 6.92 Å². The zero-order valence-electron chi connectivity index (χ0n) is 9.66. The molecule has 2 rings (SSSR count). The molecule has 1 heterocycles. The van der Waals surface area contributed by atoms with E-state index < -0.39 is 0 Å². The molecular weight excluding hydrogens is 188 g/mol. The molecule has 0 aromatic carbocycles. The normalized spacial score (nSPS) is 25.8. The van der Waals surface area contributed by atoms with Crippen LogP contribution in [0.2, 0.25) is 0 Å². The van der Waals surface area contributed by atoms with Crippen LogP contribution in [0.15, 0.2) is 6.20 Å². The number of aromatic nitrogens is 2. The lowest BCUT2D eigenvalue weighted by Crippen LogP contribution is -2.15. The van der Waals surface area contributed by atoms with Crippen molar-refractivity contribution in [2.45, 2.75) is 33.1 Å². The van der Waals surface area contributed by atoms with E-state index in [2.05, 4.69) is 11.9 Å². The maximum absolute atomic E-state index is 12.2. The van der Waals surface area contributed by atoms with Gasteiger partial charge in [-0.15, -0.1) is 0 Å². The quantitative estimate of drug-likeness (QED) is 0.696. The van der Waals surface area contributed by atoms with Crippen LogP contribution in [-0.2, 0) is 7.05 Å². The maximum Gasteiger partial charge on any atom is 0.183 e. The molecule has 0 N–H and O–H groups in total. The van der Waals surface area contributed by atoms with Crippen molar-refractivity contribution in [1.29, 1.82) is 0 Å². The largest absolute Gasteiger partial charge is 0.329 e. The molecule has 2 unspecified atom stereocenters. The second-order valence-corrected chi connectivity index (χ2v) is 4.73. The summed E-state index contributed by atoms with van der Waals surface area (Å²) in [5.41, 5.74) is 0.770. The molecule has 3 nitrogen and oxygen atoms in total. The average Bonchev–Trinajstić information content (AvgIpc) is 2.75. The smallest absolute Gasteiger partial charge is 0.183 e. The summed E-state index contributed by atoms with van der Waals surface area (Å²) in [6.45, 7) is 4.15. The topological polar surface area (TPSA) is 34.9 Å². The lowest BCUT2D eigenvalue weighted by Gasteiger charge is -2.08. The molecule has 1 fully saturated rings. The lowest BCUT2D eigenvalue weighted by atomic mass is 9.99. The Labute approximate surface area is 90.5 Å².